The van der Waals surface area contributed by atoms with Crippen molar-refractivity contribution in [2.75, 3.05) is 27.4 Å². The molecule has 6 nitrogen and oxygen atoms in total. The molecule has 1 aromatic rings. The maximum absolute atomic E-state index is 11.5. The number of phenolic OH excluding ortho intramolecular Hbond substituents is 1. The number of hydrogen-bond donors (Lipinski definition) is 1. The van der Waals surface area contributed by atoms with E-state index in [1.807, 2.05) is 0 Å². The second-order valence-corrected chi connectivity index (χ2v) is 4.93. The largest absolute Gasteiger partial charge is 0.502 e. The molecule has 2 saturated heterocycles. The van der Waals surface area contributed by atoms with Crippen LogP contribution >= 0.6 is 0 Å². The Kier molecular flexibility index (Phi) is 3.17. The minimum atomic E-state index is -0.255. The molecule has 6 heteroatoms. The van der Waals surface area contributed by atoms with Gasteiger partial charge in [0.2, 0.25) is 5.75 Å². The standard InChI is InChI=1S/C14H16O6/c1-17-10-3-7(4-11(18-2)12(10)15)13-8-5-20-14(16)9(8)6-19-13/h3-4,8-9,13,15H,5-6H2,1-2H3/t8-,9-,13+/m0/s1. The van der Waals surface area contributed by atoms with E-state index < -0.39 is 0 Å². The maximum Gasteiger partial charge on any atom is 0.311 e. The predicted molar refractivity (Wildman–Crippen MR) is 67.8 cm³/mol. The van der Waals surface area contributed by atoms with Gasteiger partial charge in [0.15, 0.2) is 11.5 Å². The van der Waals surface area contributed by atoms with Crippen molar-refractivity contribution in [3.8, 4) is 17.2 Å². The van der Waals surface area contributed by atoms with Crippen LogP contribution in [0.15, 0.2) is 12.1 Å². The van der Waals surface area contributed by atoms with Gasteiger partial charge in [-0.15, -0.1) is 0 Å². The van der Waals surface area contributed by atoms with Gasteiger partial charge in [0.25, 0.3) is 0 Å². The fourth-order valence-electron chi connectivity index (χ4n) is 2.82. The van der Waals surface area contributed by atoms with E-state index in [1.165, 1.54) is 14.2 Å². The van der Waals surface area contributed by atoms with E-state index >= 15 is 0 Å². The number of phenols is 1. The quantitative estimate of drug-likeness (QED) is 0.840. The summed E-state index contributed by atoms with van der Waals surface area (Å²) < 4.78 is 21.1. The molecule has 1 N–H and O–H groups in total. The number of benzene rings is 1. The van der Waals surface area contributed by atoms with Gasteiger partial charge >= 0.3 is 5.97 Å². The summed E-state index contributed by atoms with van der Waals surface area (Å²) in [7, 11) is 2.94. The first-order chi connectivity index (χ1) is 9.65. The van der Waals surface area contributed by atoms with Crippen LogP contribution in [-0.4, -0.2) is 38.5 Å². The number of methoxy groups -OCH3 is 2. The van der Waals surface area contributed by atoms with Gasteiger partial charge in [-0.05, 0) is 17.7 Å². The average molecular weight is 280 g/mol. The Morgan fingerprint density at radius 1 is 1.20 bits per heavy atom. The highest BCUT2D eigenvalue weighted by Crippen LogP contribution is 2.46. The fraction of sp³-hybridized carbons (Fsp3) is 0.500. The van der Waals surface area contributed by atoms with E-state index in [0.717, 1.165) is 5.56 Å². The van der Waals surface area contributed by atoms with Crippen molar-refractivity contribution in [2.24, 2.45) is 11.8 Å². The second-order valence-electron chi connectivity index (χ2n) is 4.93. The molecule has 1 aromatic carbocycles. The Balaban J connectivity index is 1.96. The lowest BCUT2D eigenvalue weighted by Gasteiger charge is -2.18. The van der Waals surface area contributed by atoms with Gasteiger partial charge in [-0.25, -0.2) is 0 Å². The van der Waals surface area contributed by atoms with Gasteiger partial charge < -0.3 is 24.1 Å². The van der Waals surface area contributed by atoms with Crippen molar-refractivity contribution < 1.29 is 28.8 Å². The van der Waals surface area contributed by atoms with Gasteiger partial charge in [0, 0.05) is 5.92 Å². The maximum atomic E-state index is 11.5. The molecule has 0 aromatic heterocycles. The van der Waals surface area contributed by atoms with Crippen molar-refractivity contribution in [1.82, 2.24) is 0 Å². The van der Waals surface area contributed by atoms with Crippen LogP contribution in [0.1, 0.15) is 11.7 Å². The van der Waals surface area contributed by atoms with Gasteiger partial charge in [-0.1, -0.05) is 0 Å². The summed E-state index contributed by atoms with van der Waals surface area (Å²) in [5.74, 6) is 0.183. The van der Waals surface area contributed by atoms with Crippen LogP contribution < -0.4 is 9.47 Å². The van der Waals surface area contributed by atoms with E-state index in [9.17, 15) is 9.90 Å². The van der Waals surface area contributed by atoms with Gasteiger partial charge in [-0.3, -0.25) is 4.79 Å². The molecule has 0 saturated carbocycles. The predicted octanol–water partition coefficient (Wildman–Crippen LogP) is 1.27. The molecule has 0 amide bonds. The highest BCUT2D eigenvalue weighted by molar-refractivity contribution is 5.75. The Bertz CT molecular complexity index is 515. The monoisotopic (exact) mass is 280 g/mol. The Morgan fingerprint density at radius 2 is 1.85 bits per heavy atom. The molecular formula is C14H16O6. The van der Waals surface area contributed by atoms with E-state index in [0.29, 0.717) is 24.7 Å². The van der Waals surface area contributed by atoms with E-state index in [4.69, 9.17) is 18.9 Å². The number of rotatable bonds is 3. The molecular weight excluding hydrogens is 264 g/mol. The molecule has 3 atom stereocenters. The number of carbonyl (C=O) groups excluding carboxylic acids is 1. The summed E-state index contributed by atoms with van der Waals surface area (Å²) in [5, 5.41) is 9.92. The molecule has 108 valence electrons. The fourth-order valence-corrected chi connectivity index (χ4v) is 2.82. The molecule has 2 heterocycles. The minimum absolute atomic E-state index is 0.00135. The Morgan fingerprint density at radius 3 is 2.45 bits per heavy atom. The first-order valence-corrected chi connectivity index (χ1v) is 6.38. The summed E-state index contributed by atoms with van der Waals surface area (Å²) in [6.07, 6.45) is -0.255. The molecule has 2 fully saturated rings. The molecule has 0 radical (unpaired) electrons. The lowest BCUT2D eigenvalue weighted by atomic mass is 9.90. The van der Waals surface area contributed by atoms with Crippen molar-refractivity contribution in [1.29, 1.82) is 0 Å². The number of esters is 1. The molecule has 0 unspecified atom stereocenters. The number of cyclic esters (lactones) is 1. The minimum Gasteiger partial charge on any atom is -0.502 e. The van der Waals surface area contributed by atoms with Crippen LogP contribution in [-0.2, 0) is 14.3 Å². The highest BCUT2D eigenvalue weighted by Gasteiger charge is 2.48. The third-order valence-corrected chi connectivity index (χ3v) is 3.91. The molecule has 0 aliphatic carbocycles. The molecule has 3 rings (SSSR count). The molecule has 2 aliphatic rings. The zero-order valence-corrected chi connectivity index (χ0v) is 11.3. The summed E-state index contributed by atoms with van der Waals surface area (Å²) >= 11 is 0. The Hall–Kier alpha value is -1.95. The summed E-state index contributed by atoms with van der Waals surface area (Å²) in [6.45, 7) is 0.722. The molecule has 20 heavy (non-hydrogen) atoms. The van der Waals surface area contributed by atoms with Crippen LogP contribution in [0.3, 0.4) is 0 Å². The van der Waals surface area contributed by atoms with Crippen LogP contribution in [0.4, 0.5) is 0 Å². The lowest BCUT2D eigenvalue weighted by molar-refractivity contribution is -0.142. The van der Waals surface area contributed by atoms with Gasteiger partial charge in [-0.2, -0.15) is 0 Å². The number of aromatic hydroxyl groups is 1. The topological polar surface area (TPSA) is 74.2 Å². The molecule has 0 spiro atoms. The number of fused-ring (bicyclic) bond motifs is 1. The number of hydrogen-bond acceptors (Lipinski definition) is 6. The van der Waals surface area contributed by atoms with Crippen molar-refractivity contribution in [3.05, 3.63) is 17.7 Å². The molecule has 2 aliphatic heterocycles. The smallest absolute Gasteiger partial charge is 0.311 e. The normalized spacial score (nSPS) is 28.1. The third kappa shape index (κ3) is 1.87. The van der Waals surface area contributed by atoms with Crippen LogP contribution in [0, 0.1) is 11.8 Å². The van der Waals surface area contributed by atoms with Crippen LogP contribution in [0.5, 0.6) is 17.2 Å². The number of ether oxygens (including phenoxy) is 4. The summed E-state index contributed by atoms with van der Waals surface area (Å²) in [4.78, 5) is 11.5. The van der Waals surface area contributed by atoms with Crippen LogP contribution in [0.2, 0.25) is 0 Å². The lowest BCUT2D eigenvalue weighted by Crippen LogP contribution is -2.14. The SMILES string of the molecule is COc1cc([C@H]2OC[C@@H]3C(=O)OC[C@@H]32)cc(OC)c1O. The van der Waals surface area contributed by atoms with Crippen molar-refractivity contribution >= 4 is 5.97 Å². The summed E-state index contributed by atoms with van der Waals surface area (Å²) in [6, 6.07) is 3.40. The second kappa shape index (κ2) is 4.86. The van der Waals surface area contributed by atoms with Crippen LogP contribution in [0.25, 0.3) is 0 Å². The van der Waals surface area contributed by atoms with Gasteiger partial charge in [0.1, 0.15) is 0 Å². The van der Waals surface area contributed by atoms with Gasteiger partial charge in [0.05, 0.1) is 39.5 Å². The zero-order valence-electron chi connectivity index (χ0n) is 11.3. The Labute approximate surface area is 116 Å². The third-order valence-electron chi connectivity index (χ3n) is 3.91. The van der Waals surface area contributed by atoms with E-state index in [1.54, 1.807) is 12.1 Å². The van der Waals surface area contributed by atoms with E-state index in [2.05, 4.69) is 0 Å². The first-order valence-electron chi connectivity index (χ1n) is 6.38. The van der Waals surface area contributed by atoms with E-state index in [-0.39, 0.29) is 29.7 Å². The average Bonchev–Trinajstić information content (AvgIpc) is 3.03. The zero-order chi connectivity index (χ0) is 14.3. The summed E-state index contributed by atoms with van der Waals surface area (Å²) in [5.41, 5.74) is 0.808. The van der Waals surface area contributed by atoms with Crippen molar-refractivity contribution in [3.63, 3.8) is 0 Å². The van der Waals surface area contributed by atoms with Crippen molar-refractivity contribution in [2.45, 2.75) is 6.10 Å². The first kappa shape index (κ1) is 13.1. The highest BCUT2D eigenvalue weighted by atomic mass is 16.6. The number of carbonyl (C=O) groups is 1. The molecule has 0 bridgehead atoms.